The molecule has 0 aromatic heterocycles. The van der Waals surface area contributed by atoms with Crippen molar-refractivity contribution >= 4 is 5.97 Å². The van der Waals surface area contributed by atoms with Gasteiger partial charge in [0.15, 0.2) is 0 Å². The highest BCUT2D eigenvalue weighted by Gasteiger charge is 2.35. The third kappa shape index (κ3) is 4.92. The second kappa shape index (κ2) is 8.50. The third-order valence-electron chi connectivity index (χ3n) is 2.73. The van der Waals surface area contributed by atoms with Crippen LogP contribution in [-0.2, 0) is 14.3 Å². The van der Waals surface area contributed by atoms with E-state index in [1.54, 1.807) is 7.11 Å². The molecule has 0 aliphatic rings. The zero-order chi connectivity index (χ0) is 12.4. The Balaban J connectivity index is 4.05. The molecule has 96 valence electrons. The van der Waals surface area contributed by atoms with E-state index in [-0.39, 0.29) is 6.54 Å². The van der Waals surface area contributed by atoms with Crippen molar-refractivity contribution in [2.24, 2.45) is 11.1 Å². The quantitative estimate of drug-likeness (QED) is 0.547. The molecule has 0 amide bonds. The van der Waals surface area contributed by atoms with E-state index in [1.807, 2.05) is 6.92 Å². The first-order valence-electron chi connectivity index (χ1n) is 5.63. The van der Waals surface area contributed by atoms with Crippen LogP contribution in [-0.4, -0.2) is 44.6 Å². The molecular formula is C11H23NO4. The van der Waals surface area contributed by atoms with Crippen LogP contribution in [0.2, 0.25) is 0 Å². The molecule has 0 aliphatic heterocycles. The molecule has 0 spiro atoms. The largest absolute Gasteiger partial charge is 0.481 e. The summed E-state index contributed by atoms with van der Waals surface area (Å²) in [7, 11) is 1.60. The average molecular weight is 233 g/mol. The number of carboxylic acid groups (broad SMARTS) is 1. The minimum Gasteiger partial charge on any atom is -0.481 e. The van der Waals surface area contributed by atoms with Crippen LogP contribution in [0.3, 0.4) is 0 Å². The highest BCUT2D eigenvalue weighted by Crippen LogP contribution is 2.27. The highest BCUT2D eigenvalue weighted by atomic mass is 16.5. The van der Waals surface area contributed by atoms with E-state index in [9.17, 15) is 9.90 Å². The maximum absolute atomic E-state index is 11.2. The van der Waals surface area contributed by atoms with Gasteiger partial charge in [0.2, 0.25) is 0 Å². The van der Waals surface area contributed by atoms with Crippen LogP contribution in [0.1, 0.15) is 26.2 Å². The Labute approximate surface area is 96.9 Å². The Morgan fingerprint density at radius 3 is 2.44 bits per heavy atom. The number of aliphatic carboxylic acids is 1. The van der Waals surface area contributed by atoms with Gasteiger partial charge in [-0.25, -0.2) is 0 Å². The fourth-order valence-corrected chi connectivity index (χ4v) is 1.62. The lowest BCUT2D eigenvalue weighted by Crippen LogP contribution is -2.39. The zero-order valence-electron chi connectivity index (χ0n) is 10.2. The molecule has 0 aromatic rings. The van der Waals surface area contributed by atoms with Crippen LogP contribution in [0.5, 0.6) is 0 Å². The normalized spacial score (nSPS) is 14.7. The Kier molecular flexibility index (Phi) is 8.15. The molecule has 5 nitrogen and oxygen atoms in total. The molecule has 5 heteroatoms. The maximum Gasteiger partial charge on any atom is 0.311 e. The molecule has 16 heavy (non-hydrogen) atoms. The summed E-state index contributed by atoms with van der Waals surface area (Å²) in [4.78, 5) is 11.2. The summed E-state index contributed by atoms with van der Waals surface area (Å²) in [6, 6.07) is 0. The van der Waals surface area contributed by atoms with Crippen molar-refractivity contribution in [3.05, 3.63) is 0 Å². The summed E-state index contributed by atoms with van der Waals surface area (Å²) < 4.78 is 10.1. The average Bonchev–Trinajstić information content (AvgIpc) is 2.27. The number of carboxylic acids is 1. The minimum absolute atomic E-state index is 0.157. The fourth-order valence-electron chi connectivity index (χ4n) is 1.62. The van der Waals surface area contributed by atoms with Gasteiger partial charge in [0, 0.05) is 20.3 Å². The monoisotopic (exact) mass is 233 g/mol. The molecule has 0 rings (SSSR count). The molecule has 0 radical (unpaired) electrons. The van der Waals surface area contributed by atoms with Crippen LogP contribution in [0.4, 0.5) is 0 Å². The van der Waals surface area contributed by atoms with Crippen LogP contribution >= 0.6 is 0 Å². The van der Waals surface area contributed by atoms with Crippen molar-refractivity contribution in [2.45, 2.75) is 26.2 Å². The van der Waals surface area contributed by atoms with Gasteiger partial charge in [-0.15, -0.1) is 0 Å². The second-order valence-corrected chi connectivity index (χ2v) is 3.89. The van der Waals surface area contributed by atoms with Crippen molar-refractivity contribution in [3.63, 3.8) is 0 Å². The number of carbonyl (C=O) groups is 1. The molecule has 0 saturated carbocycles. The lowest BCUT2D eigenvalue weighted by Gasteiger charge is -2.27. The van der Waals surface area contributed by atoms with Gasteiger partial charge >= 0.3 is 5.97 Å². The van der Waals surface area contributed by atoms with Crippen LogP contribution in [0.25, 0.3) is 0 Å². The van der Waals surface area contributed by atoms with Crippen molar-refractivity contribution < 1.29 is 19.4 Å². The van der Waals surface area contributed by atoms with Gasteiger partial charge < -0.3 is 20.3 Å². The number of ether oxygens (including phenoxy) is 2. The van der Waals surface area contributed by atoms with Crippen molar-refractivity contribution in [1.82, 2.24) is 0 Å². The molecule has 0 fully saturated rings. The molecule has 0 heterocycles. The summed E-state index contributed by atoms with van der Waals surface area (Å²) in [5, 5.41) is 9.20. The summed E-state index contributed by atoms with van der Waals surface area (Å²) >= 11 is 0. The van der Waals surface area contributed by atoms with Crippen molar-refractivity contribution in [3.8, 4) is 0 Å². The first-order valence-corrected chi connectivity index (χ1v) is 5.63. The number of methoxy groups -OCH3 is 1. The van der Waals surface area contributed by atoms with E-state index >= 15 is 0 Å². The SMILES string of the molecule is CCCC(CN)(CCOCCOC)C(=O)O. The first-order chi connectivity index (χ1) is 7.63. The fraction of sp³-hybridized carbons (Fsp3) is 0.909. The van der Waals surface area contributed by atoms with Crippen molar-refractivity contribution in [1.29, 1.82) is 0 Å². The number of rotatable bonds is 10. The Morgan fingerprint density at radius 2 is 2.00 bits per heavy atom. The third-order valence-corrected chi connectivity index (χ3v) is 2.73. The van der Waals surface area contributed by atoms with Gasteiger partial charge in [0.05, 0.1) is 18.6 Å². The lowest BCUT2D eigenvalue weighted by molar-refractivity contribution is -0.150. The molecule has 1 atom stereocenters. The van der Waals surface area contributed by atoms with Gasteiger partial charge in [0.1, 0.15) is 0 Å². The summed E-state index contributed by atoms with van der Waals surface area (Å²) in [5.74, 6) is -0.827. The molecular weight excluding hydrogens is 210 g/mol. The van der Waals surface area contributed by atoms with E-state index in [0.29, 0.717) is 32.7 Å². The lowest BCUT2D eigenvalue weighted by atomic mass is 9.80. The highest BCUT2D eigenvalue weighted by molar-refractivity contribution is 5.74. The predicted molar refractivity (Wildman–Crippen MR) is 61.3 cm³/mol. The van der Waals surface area contributed by atoms with Gasteiger partial charge in [0.25, 0.3) is 0 Å². The number of hydrogen-bond donors (Lipinski definition) is 2. The van der Waals surface area contributed by atoms with E-state index in [1.165, 1.54) is 0 Å². The Morgan fingerprint density at radius 1 is 1.31 bits per heavy atom. The molecule has 0 aromatic carbocycles. The van der Waals surface area contributed by atoms with Gasteiger partial charge in [-0.3, -0.25) is 4.79 Å². The molecule has 3 N–H and O–H groups in total. The first kappa shape index (κ1) is 15.3. The number of nitrogens with two attached hydrogens (primary N) is 1. The maximum atomic E-state index is 11.2. The van der Waals surface area contributed by atoms with Crippen LogP contribution in [0.15, 0.2) is 0 Å². The minimum atomic E-state index is -0.832. The van der Waals surface area contributed by atoms with Gasteiger partial charge in [-0.05, 0) is 12.8 Å². The van der Waals surface area contributed by atoms with Gasteiger partial charge in [-0.2, -0.15) is 0 Å². The standard InChI is InChI=1S/C11H23NO4/c1-3-4-11(9-12,10(13)14)5-6-16-8-7-15-2/h3-9,12H2,1-2H3,(H,13,14). The van der Waals surface area contributed by atoms with E-state index in [0.717, 1.165) is 6.42 Å². The molecule has 0 bridgehead atoms. The van der Waals surface area contributed by atoms with E-state index < -0.39 is 11.4 Å². The Bertz CT molecular complexity index is 198. The second-order valence-electron chi connectivity index (χ2n) is 3.89. The molecule has 1 unspecified atom stereocenters. The van der Waals surface area contributed by atoms with Gasteiger partial charge in [-0.1, -0.05) is 13.3 Å². The predicted octanol–water partition coefficient (Wildman–Crippen LogP) is 0.869. The smallest absolute Gasteiger partial charge is 0.311 e. The summed E-state index contributed by atoms with van der Waals surface area (Å²) in [5.41, 5.74) is 4.74. The van der Waals surface area contributed by atoms with E-state index in [4.69, 9.17) is 15.2 Å². The number of hydrogen-bond acceptors (Lipinski definition) is 4. The van der Waals surface area contributed by atoms with E-state index in [2.05, 4.69) is 0 Å². The Hall–Kier alpha value is -0.650. The summed E-state index contributed by atoms with van der Waals surface area (Å²) in [6.45, 7) is 3.54. The van der Waals surface area contributed by atoms with Crippen LogP contribution in [0, 0.1) is 5.41 Å². The molecule has 0 saturated heterocycles. The molecule has 0 aliphatic carbocycles. The summed E-state index contributed by atoms with van der Waals surface area (Å²) in [6.07, 6.45) is 1.85. The zero-order valence-corrected chi connectivity index (χ0v) is 10.2. The topological polar surface area (TPSA) is 81.8 Å². The van der Waals surface area contributed by atoms with Crippen LogP contribution < -0.4 is 5.73 Å². The van der Waals surface area contributed by atoms with Crippen molar-refractivity contribution in [2.75, 3.05) is 33.5 Å².